The monoisotopic (exact) mass is 382 g/mol. The van der Waals surface area contributed by atoms with Gasteiger partial charge in [-0.25, -0.2) is 0 Å². The molecule has 2 aromatic rings. The molecule has 28 heavy (non-hydrogen) atoms. The summed E-state index contributed by atoms with van der Waals surface area (Å²) in [5.74, 6) is -0.433. The number of hydrogen-bond acceptors (Lipinski definition) is 4. The Morgan fingerprint density at radius 3 is 2.64 bits per heavy atom. The van der Waals surface area contributed by atoms with Gasteiger partial charge in [-0.3, -0.25) is 4.79 Å². The Balaban J connectivity index is 1.95. The van der Waals surface area contributed by atoms with E-state index in [1.54, 1.807) is 31.4 Å². The molecule has 1 heterocycles. The van der Waals surface area contributed by atoms with Crippen molar-refractivity contribution in [1.29, 1.82) is 0 Å². The first-order chi connectivity index (χ1) is 13.4. The third-order valence-electron chi connectivity index (χ3n) is 4.87. The van der Waals surface area contributed by atoms with Crippen LogP contribution in [0.2, 0.25) is 0 Å². The largest absolute Gasteiger partial charge is 0.437 e. The second-order valence-corrected chi connectivity index (χ2v) is 6.74. The third-order valence-corrected chi connectivity index (χ3v) is 4.87. The van der Waals surface area contributed by atoms with Crippen LogP contribution in [-0.2, 0) is 9.53 Å². The molecule has 6 heteroatoms. The van der Waals surface area contributed by atoms with Crippen molar-refractivity contribution in [3.8, 4) is 11.6 Å². The molecule has 0 saturated heterocycles. The Morgan fingerprint density at radius 1 is 1.21 bits per heavy atom. The van der Waals surface area contributed by atoms with Gasteiger partial charge < -0.3 is 14.4 Å². The minimum atomic E-state index is -0.680. The van der Waals surface area contributed by atoms with Crippen molar-refractivity contribution in [3.05, 3.63) is 72.7 Å². The number of allylic oxidation sites excluding steroid dienone is 2. The maximum absolute atomic E-state index is 13.8. The van der Waals surface area contributed by atoms with Crippen LogP contribution in [0.15, 0.2) is 66.8 Å². The summed E-state index contributed by atoms with van der Waals surface area (Å²) in [5, 5.41) is 0. The van der Waals surface area contributed by atoms with Gasteiger partial charge in [0, 0.05) is 26.5 Å². The van der Waals surface area contributed by atoms with Gasteiger partial charge in [0.05, 0.1) is 5.60 Å². The van der Waals surface area contributed by atoms with Gasteiger partial charge in [0.25, 0.3) is 0 Å². The molecule has 1 aliphatic carbocycles. The van der Waals surface area contributed by atoms with Crippen LogP contribution in [0.3, 0.4) is 0 Å². The fourth-order valence-corrected chi connectivity index (χ4v) is 3.11. The number of para-hydroxylation sites is 1. The number of halogens is 1. The number of aromatic nitrogens is 1. The highest BCUT2D eigenvalue weighted by Crippen LogP contribution is 2.34. The number of hydrogen-bond donors (Lipinski definition) is 0. The van der Waals surface area contributed by atoms with E-state index < -0.39 is 11.5 Å². The summed E-state index contributed by atoms with van der Waals surface area (Å²) < 4.78 is 25.3. The topological polar surface area (TPSA) is 51.7 Å². The maximum Gasteiger partial charge on any atom is 0.246 e. The zero-order valence-corrected chi connectivity index (χ0v) is 16.1. The van der Waals surface area contributed by atoms with Gasteiger partial charge in [-0.2, -0.15) is 9.37 Å². The molecule has 146 valence electrons. The first-order valence-corrected chi connectivity index (χ1v) is 9.01. The minimum Gasteiger partial charge on any atom is -0.437 e. The molecule has 2 atom stereocenters. The van der Waals surface area contributed by atoms with Crippen LogP contribution in [0.4, 0.5) is 10.1 Å². The van der Waals surface area contributed by atoms with Crippen LogP contribution in [0, 0.1) is 11.9 Å². The molecule has 1 aromatic carbocycles. The van der Waals surface area contributed by atoms with Crippen molar-refractivity contribution >= 4 is 11.6 Å². The van der Waals surface area contributed by atoms with E-state index >= 15 is 0 Å². The first-order valence-electron chi connectivity index (χ1n) is 9.01. The highest BCUT2D eigenvalue weighted by molar-refractivity contribution is 5.92. The first kappa shape index (κ1) is 19.8. The predicted octanol–water partition coefficient (Wildman–Crippen LogP) is 4.51. The van der Waals surface area contributed by atoms with Gasteiger partial charge in [-0.15, -0.1) is 0 Å². The number of carbonyl (C=O) groups excluding carboxylic acids is 1. The number of benzene rings is 1. The zero-order chi connectivity index (χ0) is 20.1. The van der Waals surface area contributed by atoms with Crippen molar-refractivity contribution < 1.29 is 18.7 Å². The fraction of sp³-hybridized carbons (Fsp3) is 0.273. The number of nitrogens with zero attached hydrogens (tertiary/aromatic N) is 2. The Labute approximate surface area is 164 Å². The Hall–Kier alpha value is -2.99. The summed E-state index contributed by atoms with van der Waals surface area (Å²) in [4.78, 5) is 17.9. The molecule has 0 bridgehead atoms. The van der Waals surface area contributed by atoms with Crippen LogP contribution in [0.1, 0.15) is 13.8 Å². The zero-order valence-electron chi connectivity index (χ0n) is 16.1. The molecule has 0 spiro atoms. The van der Waals surface area contributed by atoms with E-state index in [0.717, 1.165) is 0 Å². The number of amides is 1. The van der Waals surface area contributed by atoms with Crippen LogP contribution in [0.5, 0.6) is 11.6 Å². The molecule has 1 aliphatic rings. The van der Waals surface area contributed by atoms with Gasteiger partial charge in [-0.05, 0) is 31.2 Å². The SMILES string of the molecule is COC1(C)C=CC=CC1CN(C(C)=O)c1ccc(F)nc1Oc1ccccc1. The average Bonchev–Trinajstić information content (AvgIpc) is 2.69. The standard InChI is InChI=1S/C22H23FN2O3/c1-16(26)25(15-17-9-7-8-14-22(17,2)27-3)19-12-13-20(23)24-21(19)28-18-10-5-4-6-11-18/h4-14,17H,15H2,1-3H3. The van der Waals surface area contributed by atoms with E-state index in [2.05, 4.69) is 4.98 Å². The smallest absolute Gasteiger partial charge is 0.246 e. The van der Waals surface area contributed by atoms with Gasteiger partial charge >= 0.3 is 0 Å². The number of ether oxygens (including phenoxy) is 2. The lowest BCUT2D eigenvalue weighted by Crippen LogP contribution is -2.44. The van der Waals surface area contributed by atoms with E-state index in [1.807, 2.05) is 37.3 Å². The van der Waals surface area contributed by atoms with E-state index in [-0.39, 0.29) is 17.7 Å². The maximum atomic E-state index is 13.8. The lowest BCUT2D eigenvalue weighted by atomic mass is 9.84. The summed E-state index contributed by atoms with van der Waals surface area (Å²) in [6.45, 7) is 3.75. The molecule has 0 saturated carbocycles. The molecule has 0 N–H and O–H groups in total. The number of carbonyl (C=O) groups is 1. The highest BCUT2D eigenvalue weighted by Gasteiger charge is 2.34. The van der Waals surface area contributed by atoms with E-state index in [4.69, 9.17) is 9.47 Å². The van der Waals surface area contributed by atoms with Crippen LogP contribution in [0.25, 0.3) is 0 Å². The molecule has 3 rings (SSSR count). The van der Waals surface area contributed by atoms with Crippen LogP contribution < -0.4 is 9.64 Å². The van der Waals surface area contributed by atoms with Crippen LogP contribution in [-0.4, -0.2) is 30.1 Å². The number of rotatable bonds is 6. The Kier molecular flexibility index (Phi) is 5.90. The molecular weight excluding hydrogens is 359 g/mol. The van der Waals surface area contributed by atoms with Crippen molar-refractivity contribution in [1.82, 2.24) is 4.98 Å². The molecule has 0 radical (unpaired) electrons. The summed E-state index contributed by atoms with van der Waals surface area (Å²) in [7, 11) is 1.64. The Bertz CT molecular complexity index is 898. The van der Waals surface area contributed by atoms with Crippen molar-refractivity contribution in [2.75, 3.05) is 18.6 Å². The normalized spacial score (nSPS) is 20.8. The van der Waals surface area contributed by atoms with Crippen molar-refractivity contribution in [2.24, 2.45) is 5.92 Å². The highest BCUT2D eigenvalue weighted by atomic mass is 19.1. The summed E-state index contributed by atoms with van der Waals surface area (Å²) >= 11 is 0. The third kappa shape index (κ3) is 4.28. The number of methoxy groups -OCH3 is 1. The van der Waals surface area contributed by atoms with E-state index in [1.165, 1.54) is 24.0 Å². The average molecular weight is 382 g/mol. The number of anilines is 1. The number of pyridine rings is 1. The second-order valence-electron chi connectivity index (χ2n) is 6.74. The fourth-order valence-electron chi connectivity index (χ4n) is 3.11. The molecule has 0 aliphatic heterocycles. The molecule has 2 unspecified atom stereocenters. The van der Waals surface area contributed by atoms with Crippen molar-refractivity contribution in [2.45, 2.75) is 19.4 Å². The second kappa shape index (κ2) is 8.35. The summed E-state index contributed by atoms with van der Waals surface area (Å²) in [5.41, 5.74) is -0.157. The quantitative estimate of drug-likeness (QED) is 0.690. The molecular formula is C22H23FN2O3. The molecule has 5 nitrogen and oxygen atoms in total. The van der Waals surface area contributed by atoms with Gasteiger partial charge in [0.1, 0.15) is 11.4 Å². The van der Waals surface area contributed by atoms with Gasteiger partial charge in [-0.1, -0.05) is 42.5 Å². The summed E-state index contributed by atoms with van der Waals surface area (Å²) in [6, 6.07) is 11.7. The lowest BCUT2D eigenvalue weighted by Gasteiger charge is -2.37. The minimum absolute atomic E-state index is 0.0378. The summed E-state index contributed by atoms with van der Waals surface area (Å²) in [6.07, 6.45) is 7.80. The van der Waals surface area contributed by atoms with Crippen molar-refractivity contribution in [3.63, 3.8) is 0 Å². The van der Waals surface area contributed by atoms with Gasteiger partial charge in [0.2, 0.25) is 17.7 Å². The molecule has 1 aromatic heterocycles. The lowest BCUT2D eigenvalue weighted by molar-refractivity contribution is -0.116. The van der Waals surface area contributed by atoms with Gasteiger partial charge in [0.15, 0.2) is 0 Å². The van der Waals surface area contributed by atoms with E-state index in [9.17, 15) is 9.18 Å². The molecule has 1 amide bonds. The Morgan fingerprint density at radius 2 is 1.96 bits per heavy atom. The van der Waals surface area contributed by atoms with E-state index in [0.29, 0.717) is 18.0 Å². The van der Waals surface area contributed by atoms with Crippen LogP contribution >= 0.6 is 0 Å². The predicted molar refractivity (Wildman–Crippen MR) is 106 cm³/mol. The molecule has 0 fully saturated rings.